The molecule has 3 N–H and O–H groups in total. The highest BCUT2D eigenvalue weighted by Gasteiger charge is 2.14. The normalized spacial score (nSPS) is 10.8. The number of nitrogens with two attached hydrogens (primary N) is 1. The first-order valence-corrected chi connectivity index (χ1v) is 10.1. The molecule has 0 heterocycles. The molecule has 2 aromatic carbocycles. The van der Waals surface area contributed by atoms with Crippen molar-refractivity contribution in [2.75, 3.05) is 19.0 Å². The molecule has 0 radical (unpaired) electrons. The first-order chi connectivity index (χ1) is 15.0. The second kappa shape index (κ2) is 12.0. The lowest BCUT2D eigenvalue weighted by Gasteiger charge is -2.11. The summed E-state index contributed by atoms with van der Waals surface area (Å²) in [6.45, 7) is 2.75. The van der Waals surface area contributed by atoms with Crippen LogP contribution in [0.3, 0.4) is 0 Å². The molecule has 7 nitrogen and oxygen atoms in total. The van der Waals surface area contributed by atoms with E-state index in [4.69, 9.17) is 15.2 Å². The number of carbonyl (C=O) groups excluding carboxylic acids is 2. The smallest absolute Gasteiger partial charge is 0.266 e. The van der Waals surface area contributed by atoms with Gasteiger partial charge in [0.2, 0.25) is 0 Å². The van der Waals surface area contributed by atoms with E-state index in [2.05, 4.69) is 12.2 Å². The summed E-state index contributed by atoms with van der Waals surface area (Å²) in [7, 11) is 1.53. The lowest BCUT2D eigenvalue weighted by molar-refractivity contribution is -0.112. The molecule has 0 unspecified atom stereocenters. The SMILES string of the molecule is CCCCCCOc1ccc(/C=C(\C#N)C(=O)Nc2ccccc2C(N)=O)cc1OC. The van der Waals surface area contributed by atoms with Gasteiger partial charge in [-0.2, -0.15) is 5.26 Å². The average Bonchev–Trinajstić information content (AvgIpc) is 2.77. The quantitative estimate of drug-likeness (QED) is 0.319. The number of amides is 2. The van der Waals surface area contributed by atoms with Crippen LogP contribution in [0.25, 0.3) is 6.08 Å². The monoisotopic (exact) mass is 421 g/mol. The van der Waals surface area contributed by atoms with Crippen LogP contribution in [-0.2, 0) is 4.79 Å². The summed E-state index contributed by atoms with van der Waals surface area (Å²) in [6, 6.07) is 13.4. The van der Waals surface area contributed by atoms with Crippen LogP contribution in [0.1, 0.15) is 48.5 Å². The summed E-state index contributed by atoms with van der Waals surface area (Å²) in [5.74, 6) is -0.199. The van der Waals surface area contributed by atoms with Gasteiger partial charge in [0.1, 0.15) is 11.6 Å². The maximum Gasteiger partial charge on any atom is 0.266 e. The number of nitrogens with one attached hydrogen (secondary N) is 1. The molecule has 0 saturated carbocycles. The first-order valence-electron chi connectivity index (χ1n) is 10.1. The van der Waals surface area contributed by atoms with E-state index in [1.165, 1.54) is 25.7 Å². The van der Waals surface area contributed by atoms with Crippen LogP contribution < -0.4 is 20.5 Å². The van der Waals surface area contributed by atoms with E-state index in [0.29, 0.717) is 23.7 Å². The Hall–Kier alpha value is -3.79. The molecule has 0 aromatic heterocycles. The first kappa shape index (κ1) is 23.5. The zero-order valence-corrected chi connectivity index (χ0v) is 17.8. The Bertz CT molecular complexity index is 993. The third-order valence-electron chi connectivity index (χ3n) is 4.56. The Morgan fingerprint density at radius 1 is 1.13 bits per heavy atom. The zero-order chi connectivity index (χ0) is 22.6. The van der Waals surface area contributed by atoms with Gasteiger partial charge in [0.05, 0.1) is 25.0 Å². The fraction of sp³-hybridized carbons (Fsp3) is 0.292. The number of para-hydroxylation sites is 1. The van der Waals surface area contributed by atoms with Crippen LogP contribution in [0.5, 0.6) is 11.5 Å². The topological polar surface area (TPSA) is 114 Å². The molecule has 162 valence electrons. The van der Waals surface area contributed by atoms with Crippen molar-refractivity contribution in [2.24, 2.45) is 5.73 Å². The Kier molecular flexibility index (Phi) is 9.12. The molecule has 0 atom stereocenters. The van der Waals surface area contributed by atoms with Gasteiger partial charge in [-0.25, -0.2) is 0 Å². The van der Waals surface area contributed by atoms with Gasteiger partial charge in [0.15, 0.2) is 11.5 Å². The highest BCUT2D eigenvalue weighted by Crippen LogP contribution is 2.29. The number of rotatable bonds is 11. The maximum absolute atomic E-state index is 12.6. The van der Waals surface area contributed by atoms with Crippen molar-refractivity contribution in [2.45, 2.75) is 32.6 Å². The molecule has 0 fully saturated rings. The Morgan fingerprint density at radius 3 is 2.58 bits per heavy atom. The van der Waals surface area contributed by atoms with Crippen molar-refractivity contribution in [1.29, 1.82) is 5.26 Å². The lowest BCUT2D eigenvalue weighted by atomic mass is 10.1. The van der Waals surface area contributed by atoms with Crippen molar-refractivity contribution in [3.63, 3.8) is 0 Å². The number of hydrogen-bond acceptors (Lipinski definition) is 5. The summed E-state index contributed by atoms with van der Waals surface area (Å²) in [5, 5.41) is 12.0. The van der Waals surface area contributed by atoms with E-state index >= 15 is 0 Å². The summed E-state index contributed by atoms with van der Waals surface area (Å²) < 4.78 is 11.2. The standard InChI is InChI=1S/C24H27N3O4/c1-3-4-5-8-13-31-21-12-11-17(15-22(21)30-2)14-18(16-25)24(29)27-20-10-7-6-9-19(20)23(26)28/h6-7,9-12,14-15H,3-5,8,13H2,1-2H3,(H2,26,28)(H,27,29)/b18-14+. The number of nitriles is 1. The minimum absolute atomic E-state index is 0.130. The van der Waals surface area contributed by atoms with Crippen molar-refractivity contribution in [3.8, 4) is 17.6 Å². The Labute approximate surface area is 182 Å². The fourth-order valence-electron chi connectivity index (χ4n) is 2.92. The molecule has 0 spiro atoms. The van der Waals surface area contributed by atoms with Crippen LogP contribution in [0.15, 0.2) is 48.0 Å². The van der Waals surface area contributed by atoms with Crippen LogP contribution in [0.4, 0.5) is 5.69 Å². The van der Waals surface area contributed by atoms with Gasteiger partial charge in [-0.1, -0.05) is 44.4 Å². The second-order valence-electron chi connectivity index (χ2n) is 6.85. The maximum atomic E-state index is 12.6. The highest BCUT2D eigenvalue weighted by molar-refractivity contribution is 6.12. The molecule has 2 rings (SSSR count). The molecule has 0 aliphatic heterocycles. The van der Waals surface area contributed by atoms with E-state index in [1.54, 1.807) is 36.4 Å². The number of hydrogen-bond donors (Lipinski definition) is 2. The fourth-order valence-corrected chi connectivity index (χ4v) is 2.92. The molecule has 0 aliphatic carbocycles. The summed E-state index contributed by atoms with van der Waals surface area (Å²) in [5.41, 5.74) is 6.21. The van der Waals surface area contributed by atoms with Crippen LogP contribution in [0.2, 0.25) is 0 Å². The number of nitrogens with zero attached hydrogens (tertiary/aromatic N) is 1. The second-order valence-corrected chi connectivity index (χ2v) is 6.85. The van der Waals surface area contributed by atoms with Gasteiger partial charge >= 0.3 is 0 Å². The van der Waals surface area contributed by atoms with Crippen LogP contribution >= 0.6 is 0 Å². The summed E-state index contributed by atoms with van der Waals surface area (Å²) >= 11 is 0. The molecular formula is C24H27N3O4. The number of primary amides is 1. The van der Waals surface area contributed by atoms with E-state index in [0.717, 1.165) is 19.3 Å². The number of ether oxygens (including phenoxy) is 2. The number of unbranched alkanes of at least 4 members (excludes halogenated alkanes) is 3. The number of benzene rings is 2. The van der Waals surface area contributed by atoms with Crippen molar-refractivity contribution < 1.29 is 19.1 Å². The lowest BCUT2D eigenvalue weighted by Crippen LogP contribution is -2.19. The van der Waals surface area contributed by atoms with Gasteiger partial charge < -0.3 is 20.5 Å². The molecule has 2 amide bonds. The number of carbonyl (C=O) groups is 2. The Balaban J connectivity index is 2.15. The highest BCUT2D eigenvalue weighted by atomic mass is 16.5. The molecular weight excluding hydrogens is 394 g/mol. The predicted octanol–water partition coefficient (Wildman–Crippen LogP) is 4.30. The van der Waals surface area contributed by atoms with Crippen molar-refractivity contribution >= 4 is 23.6 Å². The number of anilines is 1. The minimum Gasteiger partial charge on any atom is -0.493 e. The van der Waals surface area contributed by atoms with Gasteiger partial charge in [0, 0.05) is 0 Å². The molecule has 7 heteroatoms. The van der Waals surface area contributed by atoms with Crippen molar-refractivity contribution in [3.05, 3.63) is 59.2 Å². The average molecular weight is 421 g/mol. The molecule has 0 bridgehead atoms. The van der Waals surface area contributed by atoms with Gasteiger partial charge in [-0.3, -0.25) is 9.59 Å². The molecule has 0 saturated heterocycles. The van der Waals surface area contributed by atoms with Gasteiger partial charge in [-0.05, 0) is 42.3 Å². The van der Waals surface area contributed by atoms with Crippen LogP contribution in [-0.4, -0.2) is 25.5 Å². The predicted molar refractivity (Wildman–Crippen MR) is 120 cm³/mol. The number of methoxy groups -OCH3 is 1. The third kappa shape index (κ3) is 6.89. The molecule has 31 heavy (non-hydrogen) atoms. The van der Waals surface area contributed by atoms with Gasteiger partial charge in [-0.15, -0.1) is 0 Å². The van der Waals surface area contributed by atoms with E-state index in [1.807, 2.05) is 6.07 Å². The summed E-state index contributed by atoms with van der Waals surface area (Å²) in [4.78, 5) is 24.1. The third-order valence-corrected chi connectivity index (χ3v) is 4.56. The molecule has 0 aliphatic rings. The minimum atomic E-state index is -0.673. The van der Waals surface area contributed by atoms with Crippen molar-refractivity contribution in [1.82, 2.24) is 0 Å². The van der Waals surface area contributed by atoms with Crippen LogP contribution in [0, 0.1) is 11.3 Å². The Morgan fingerprint density at radius 2 is 1.90 bits per heavy atom. The van der Waals surface area contributed by atoms with E-state index in [9.17, 15) is 14.9 Å². The summed E-state index contributed by atoms with van der Waals surface area (Å²) in [6.07, 6.45) is 5.85. The zero-order valence-electron chi connectivity index (χ0n) is 17.8. The largest absolute Gasteiger partial charge is 0.493 e. The molecule has 2 aromatic rings. The van der Waals surface area contributed by atoms with E-state index < -0.39 is 11.8 Å². The van der Waals surface area contributed by atoms with E-state index in [-0.39, 0.29) is 16.8 Å². The van der Waals surface area contributed by atoms with Gasteiger partial charge in [0.25, 0.3) is 11.8 Å².